The van der Waals surface area contributed by atoms with Gasteiger partial charge in [-0.2, -0.15) is 5.10 Å². The van der Waals surface area contributed by atoms with E-state index >= 15 is 0 Å². The van der Waals surface area contributed by atoms with E-state index in [9.17, 15) is 0 Å². The predicted molar refractivity (Wildman–Crippen MR) is 87.7 cm³/mol. The van der Waals surface area contributed by atoms with E-state index in [1.54, 1.807) is 0 Å². The highest BCUT2D eigenvalue weighted by atomic mass is 15.4. The van der Waals surface area contributed by atoms with Crippen LogP contribution >= 0.6 is 0 Å². The Morgan fingerprint density at radius 2 is 1.90 bits per heavy atom. The zero-order valence-electron chi connectivity index (χ0n) is 12.2. The third kappa shape index (κ3) is 2.94. The van der Waals surface area contributed by atoms with Crippen LogP contribution in [-0.4, -0.2) is 15.7 Å². The van der Waals surface area contributed by atoms with Crippen molar-refractivity contribution in [3.05, 3.63) is 59.7 Å². The molecule has 0 bridgehead atoms. The average Bonchev–Trinajstić information content (AvgIpc) is 2.95. The maximum absolute atomic E-state index is 4.43. The second kappa shape index (κ2) is 5.79. The Kier molecular flexibility index (Phi) is 3.69. The normalized spacial score (nSPS) is 11.8. The molecule has 3 rings (SSSR count). The van der Waals surface area contributed by atoms with Crippen LogP contribution in [0, 0.1) is 0 Å². The first-order valence-electron chi connectivity index (χ1n) is 7.10. The Balaban J connectivity index is 1.77. The van der Waals surface area contributed by atoms with Gasteiger partial charge < -0.3 is 4.98 Å². The Bertz CT molecular complexity index is 736. The zero-order valence-corrected chi connectivity index (χ0v) is 12.2. The lowest BCUT2D eigenvalue weighted by atomic mass is 10.1. The van der Waals surface area contributed by atoms with Crippen LogP contribution in [0.25, 0.3) is 11.0 Å². The average molecular weight is 278 g/mol. The highest BCUT2D eigenvalue weighted by molar-refractivity contribution is 5.99. The molecular weight excluding hydrogens is 260 g/mol. The molecule has 0 fully saturated rings. The number of nitrogens with one attached hydrogen (secondary N) is 2. The fourth-order valence-electron chi connectivity index (χ4n) is 2.19. The number of imidazole rings is 1. The molecule has 0 aliphatic carbocycles. The largest absolute Gasteiger partial charge is 0.323 e. The van der Waals surface area contributed by atoms with Crippen molar-refractivity contribution in [1.29, 1.82) is 0 Å². The fraction of sp³-hybridized carbons (Fsp3) is 0.176. The van der Waals surface area contributed by atoms with E-state index in [1.807, 2.05) is 31.2 Å². The summed E-state index contributed by atoms with van der Waals surface area (Å²) in [5.41, 5.74) is 8.28. The Hall–Kier alpha value is -2.62. The molecule has 0 radical (unpaired) electrons. The summed E-state index contributed by atoms with van der Waals surface area (Å²) in [5, 5.41) is 4.39. The minimum atomic E-state index is 0.653. The van der Waals surface area contributed by atoms with Crippen LogP contribution in [-0.2, 0) is 6.42 Å². The molecule has 4 nitrogen and oxygen atoms in total. The number of hydrogen-bond donors (Lipinski definition) is 2. The number of para-hydroxylation sites is 2. The van der Waals surface area contributed by atoms with E-state index in [4.69, 9.17) is 0 Å². The second-order valence-corrected chi connectivity index (χ2v) is 4.96. The van der Waals surface area contributed by atoms with E-state index in [2.05, 4.69) is 51.7 Å². The molecule has 2 N–H and O–H groups in total. The van der Waals surface area contributed by atoms with Gasteiger partial charge in [-0.3, -0.25) is 0 Å². The molecule has 0 aliphatic rings. The minimum Gasteiger partial charge on any atom is -0.323 e. The van der Waals surface area contributed by atoms with Gasteiger partial charge in [0.25, 0.3) is 0 Å². The number of aromatic amines is 1. The van der Waals surface area contributed by atoms with Crippen molar-refractivity contribution >= 4 is 22.7 Å². The van der Waals surface area contributed by atoms with E-state index in [1.165, 1.54) is 5.56 Å². The van der Waals surface area contributed by atoms with Crippen molar-refractivity contribution in [2.75, 3.05) is 5.43 Å². The van der Waals surface area contributed by atoms with Crippen molar-refractivity contribution in [1.82, 2.24) is 9.97 Å². The molecule has 0 amide bonds. The van der Waals surface area contributed by atoms with E-state index in [-0.39, 0.29) is 0 Å². The van der Waals surface area contributed by atoms with Gasteiger partial charge >= 0.3 is 0 Å². The van der Waals surface area contributed by atoms with Crippen LogP contribution in [0.5, 0.6) is 0 Å². The molecule has 21 heavy (non-hydrogen) atoms. The molecular formula is C17H18N4. The first-order valence-corrected chi connectivity index (χ1v) is 7.10. The number of hydrazone groups is 1. The number of benzene rings is 2. The molecule has 0 saturated carbocycles. The quantitative estimate of drug-likeness (QED) is 0.560. The Labute approximate surface area is 123 Å². The molecule has 1 heterocycles. The number of fused-ring (bicyclic) bond motifs is 1. The van der Waals surface area contributed by atoms with Crippen LogP contribution in [0.2, 0.25) is 0 Å². The maximum Gasteiger partial charge on any atom is 0.222 e. The van der Waals surface area contributed by atoms with Crippen molar-refractivity contribution in [2.24, 2.45) is 5.10 Å². The first kappa shape index (κ1) is 13.4. The molecule has 1 aromatic heterocycles. The molecule has 3 aromatic rings. The molecule has 0 spiro atoms. The summed E-state index contributed by atoms with van der Waals surface area (Å²) in [6, 6.07) is 16.4. The van der Waals surface area contributed by atoms with Gasteiger partial charge in [-0.05, 0) is 36.6 Å². The Morgan fingerprint density at radius 3 is 2.62 bits per heavy atom. The predicted octanol–water partition coefficient (Wildman–Crippen LogP) is 3.96. The van der Waals surface area contributed by atoms with Gasteiger partial charge in [0, 0.05) is 0 Å². The van der Waals surface area contributed by atoms with Gasteiger partial charge in [0.1, 0.15) is 0 Å². The number of hydrogen-bond acceptors (Lipinski definition) is 3. The van der Waals surface area contributed by atoms with Gasteiger partial charge in [0.2, 0.25) is 5.95 Å². The number of aryl methyl sites for hydroxylation is 1. The molecule has 4 heteroatoms. The number of anilines is 1. The van der Waals surface area contributed by atoms with Crippen molar-refractivity contribution in [2.45, 2.75) is 20.3 Å². The number of nitrogens with zero attached hydrogens (tertiary/aromatic N) is 2. The monoisotopic (exact) mass is 278 g/mol. The van der Waals surface area contributed by atoms with Gasteiger partial charge in [0.05, 0.1) is 16.7 Å². The molecule has 0 unspecified atom stereocenters. The second-order valence-electron chi connectivity index (χ2n) is 4.96. The summed E-state index contributed by atoms with van der Waals surface area (Å²) in [7, 11) is 0. The van der Waals surface area contributed by atoms with Crippen LogP contribution in [0.1, 0.15) is 25.0 Å². The molecule has 2 aromatic carbocycles. The number of H-pyrrole nitrogens is 1. The van der Waals surface area contributed by atoms with E-state index in [0.29, 0.717) is 5.95 Å². The van der Waals surface area contributed by atoms with Gasteiger partial charge in [0.15, 0.2) is 0 Å². The Morgan fingerprint density at radius 1 is 1.14 bits per heavy atom. The standard InChI is InChI=1S/C17H18N4/c1-3-13-8-10-14(11-9-13)12(2)20-21-17-18-15-6-4-5-7-16(15)19-17/h4-11H,3H2,1-2H3,(H2,18,19,21)/b20-12+. The van der Waals surface area contributed by atoms with Gasteiger partial charge in [-0.1, -0.05) is 43.3 Å². The third-order valence-electron chi connectivity index (χ3n) is 3.50. The molecule has 0 aliphatic heterocycles. The third-order valence-corrected chi connectivity index (χ3v) is 3.50. The maximum atomic E-state index is 4.43. The van der Waals surface area contributed by atoms with E-state index in [0.717, 1.165) is 28.7 Å². The number of aromatic nitrogens is 2. The summed E-state index contributed by atoms with van der Waals surface area (Å²) in [4.78, 5) is 7.62. The van der Waals surface area contributed by atoms with E-state index < -0.39 is 0 Å². The topological polar surface area (TPSA) is 53.1 Å². The van der Waals surface area contributed by atoms with Crippen LogP contribution in [0.4, 0.5) is 5.95 Å². The van der Waals surface area contributed by atoms with Crippen LogP contribution in [0.3, 0.4) is 0 Å². The zero-order chi connectivity index (χ0) is 14.7. The minimum absolute atomic E-state index is 0.653. The summed E-state index contributed by atoms with van der Waals surface area (Å²) in [6.07, 6.45) is 1.05. The summed E-state index contributed by atoms with van der Waals surface area (Å²) >= 11 is 0. The summed E-state index contributed by atoms with van der Waals surface area (Å²) < 4.78 is 0. The van der Waals surface area contributed by atoms with Crippen LogP contribution < -0.4 is 5.43 Å². The highest BCUT2D eigenvalue weighted by Crippen LogP contribution is 2.13. The van der Waals surface area contributed by atoms with Gasteiger partial charge in [-0.25, -0.2) is 10.4 Å². The molecule has 0 atom stereocenters. The van der Waals surface area contributed by atoms with Crippen molar-refractivity contribution in [3.8, 4) is 0 Å². The lowest BCUT2D eigenvalue weighted by molar-refractivity contribution is 1.14. The first-order chi connectivity index (χ1) is 10.3. The highest BCUT2D eigenvalue weighted by Gasteiger charge is 2.01. The summed E-state index contributed by atoms with van der Waals surface area (Å²) in [6.45, 7) is 4.13. The van der Waals surface area contributed by atoms with Crippen LogP contribution in [0.15, 0.2) is 53.6 Å². The molecule has 106 valence electrons. The lowest BCUT2D eigenvalue weighted by Gasteiger charge is -2.02. The summed E-state index contributed by atoms with van der Waals surface area (Å²) in [5.74, 6) is 0.653. The van der Waals surface area contributed by atoms with Gasteiger partial charge in [-0.15, -0.1) is 0 Å². The van der Waals surface area contributed by atoms with Crippen molar-refractivity contribution in [3.63, 3.8) is 0 Å². The SMILES string of the molecule is CCc1ccc(/C(C)=N/Nc2nc3ccccc3[nH]2)cc1. The molecule has 0 saturated heterocycles. The fourth-order valence-corrected chi connectivity index (χ4v) is 2.19. The smallest absolute Gasteiger partial charge is 0.222 e. The number of rotatable bonds is 4. The van der Waals surface area contributed by atoms with Crippen molar-refractivity contribution < 1.29 is 0 Å². The lowest BCUT2D eigenvalue weighted by Crippen LogP contribution is -2.00.